The normalized spacial score (nSPS) is 13.7. The predicted molar refractivity (Wildman–Crippen MR) is 73.3 cm³/mol. The molecule has 1 aromatic heterocycles. The Bertz CT molecular complexity index is 726. The zero-order valence-corrected chi connectivity index (χ0v) is 11.5. The maximum Gasteiger partial charge on any atom is 0.231 e. The van der Waals surface area contributed by atoms with Gasteiger partial charge in [-0.15, -0.1) is 0 Å². The fourth-order valence-electron chi connectivity index (χ4n) is 2.37. The van der Waals surface area contributed by atoms with Gasteiger partial charge >= 0.3 is 0 Å². The second-order valence-electron chi connectivity index (χ2n) is 4.65. The average Bonchev–Trinajstić information content (AvgIpc) is 3.15. The van der Waals surface area contributed by atoms with Crippen molar-refractivity contribution in [2.24, 2.45) is 0 Å². The van der Waals surface area contributed by atoms with E-state index < -0.39 is 5.92 Å². The van der Waals surface area contributed by atoms with E-state index in [2.05, 4.69) is 6.07 Å². The van der Waals surface area contributed by atoms with Crippen LogP contribution >= 0.6 is 0 Å². The molecule has 2 heterocycles. The number of carbonyl (C=O) groups excluding carboxylic acids is 1. The van der Waals surface area contributed by atoms with Crippen molar-refractivity contribution in [1.82, 2.24) is 0 Å². The van der Waals surface area contributed by atoms with E-state index in [0.29, 0.717) is 34.8 Å². The van der Waals surface area contributed by atoms with Crippen LogP contribution in [0.25, 0.3) is 0 Å². The Labute approximate surface area is 121 Å². The van der Waals surface area contributed by atoms with Crippen LogP contribution < -0.4 is 9.47 Å². The molecule has 1 aromatic carbocycles. The minimum atomic E-state index is -0.887. The molecule has 0 radical (unpaired) electrons. The first-order valence-electron chi connectivity index (χ1n) is 6.64. The van der Waals surface area contributed by atoms with Crippen LogP contribution in [0.5, 0.6) is 11.5 Å². The first kappa shape index (κ1) is 13.3. The van der Waals surface area contributed by atoms with E-state index in [-0.39, 0.29) is 12.6 Å². The van der Waals surface area contributed by atoms with E-state index in [9.17, 15) is 10.1 Å². The van der Waals surface area contributed by atoms with Gasteiger partial charge in [-0.25, -0.2) is 0 Å². The molecule has 0 saturated heterocycles. The van der Waals surface area contributed by atoms with Crippen molar-refractivity contribution in [2.75, 3.05) is 6.79 Å². The summed E-state index contributed by atoms with van der Waals surface area (Å²) in [6, 6.07) is 8.78. The molecule has 1 aliphatic heterocycles. The summed E-state index contributed by atoms with van der Waals surface area (Å²) in [5.41, 5.74) is 1.05. The van der Waals surface area contributed by atoms with Crippen molar-refractivity contribution in [2.45, 2.75) is 19.3 Å². The Kier molecular flexibility index (Phi) is 3.36. The number of nitriles is 1. The van der Waals surface area contributed by atoms with Crippen molar-refractivity contribution in [3.63, 3.8) is 0 Å². The number of carbonyl (C=O) groups is 1. The number of ether oxygens (including phenoxy) is 2. The third-order valence-corrected chi connectivity index (χ3v) is 3.45. The lowest BCUT2D eigenvalue weighted by Gasteiger charge is -2.09. The summed E-state index contributed by atoms with van der Waals surface area (Å²) < 4.78 is 15.8. The second kappa shape index (κ2) is 5.33. The summed E-state index contributed by atoms with van der Waals surface area (Å²) in [6.07, 6.45) is 2.08. The Hall–Kier alpha value is -2.74. The van der Waals surface area contributed by atoms with Crippen molar-refractivity contribution >= 4 is 5.78 Å². The highest BCUT2D eigenvalue weighted by molar-refractivity contribution is 6.03. The van der Waals surface area contributed by atoms with Crippen molar-refractivity contribution in [3.8, 4) is 17.6 Å². The zero-order chi connectivity index (χ0) is 14.8. The summed E-state index contributed by atoms with van der Waals surface area (Å²) in [6.45, 7) is 2.06. The van der Waals surface area contributed by atoms with Gasteiger partial charge < -0.3 is 13.9 Å². The Morgan fingerprint density at radius 3 is 2.90 bits per heavy atom. The Morgan fingerprint density at radius 2 is 2.14 bits per heavy atom. The van der Waals surface area contributed by atoms with Crippen molar-refractivity contribution < 1.29 is 18.7 Å². The van der Waals surface area contributed by atoms with Gasteiger partial charge in [0.05, 0.1) is 17.9 Å². The summed E-state index contributed by atoms with van der Waals surface area (Å²) in [4.78, 5) is 12.6. The molecule has 0 bridgehead atoms. The summed E-state index contributed by atoms with van der Waals surface area (Å²) in [5, 5.41) is 9.39. The zero-order valence-electron chi connectivity index (χ0n) is 11.5. The van der Waals surface area contributed by atoms with E-state index >= 15 is 0 Å². The molecule has 2 aromatic rings. The number of hydrogen-bond donors (Lipinski definition) is 0. The lowest BCUT2D eigenvalue weighted by atomic mass is 9.91. The smallest absolute Gasteiger partial charge is 0.231 e. The Morgan fingerprint density at radius 1 is 1.33 bits per heavy atom. The predicted octanol–water partition coefficient (Wildman–Crippen LogP) is 3.06. The van der Waals surface area contributed by atoms with Crippen LogP contribution in [0.15, 0.2) is 34.9 Å². The molecule has 0 fully saturated rings. The molecular weight excluding hydrogens is 270 g/mol. The molecule has 0 amide bonds. The number of hydrogen-bond acceptors (Lipinski definition) is 5. The molecule has 0 N–H and O–H groups in total. The molecular formula is C16H13NO4. The summed E-state index contributed by atoms with van der Waals surface area (Å²) in [5.74, 6) is 0.634. The van der Waals surface area contributed by atoms with E-state index in [1.807, 2.05) is 6.92 Å². The number of benzene rings is 1. The maximum absolute atomic E-state index is 12.6. The molecule has 0 spiro atoms. The first-order chi connectivity index (χ1) is 10.2. The lowest BCUT2D eigenvalue weighted by molar-refractivity contribution is 0.0977. The highest BCUT2D eigenvalue weighted by Crippen LogP contribution is 2.35. The molecule has 1 unspecified atom stereocenters. The van der Waals surface area contributed by atoms with Gasteiger partial charge in [0, 0.05) is 6.42 Å². The monoisotopic (exact) mass is 283 g/mol. The topological polar surface area (TPSA) is 72.5 Å². The van der Waals surface area contributed by atoms with Crippen LogP contribution in [0.1, 0.15) is 34.5 Å². The standard InChI is InChI=1S/C16H13NO4/c1-2-13-11(5-6-19-13)16(18)12(8-17)10-3-4-14-15(7-10)21-9-20-14/h3-7,12H,2,9H2,1H3. The van der Waals surface area contributed by atoms with Gasteiger partial charge in [-0.1, -0.05) is 13.0 Å². The first-order valence-corrected chi connectivity index (χ1v) is 6.64. The van der Waals surface area contributed by atoms with Gasteiger partial charge in [0.2, 0.25) is 6.79 Å². The molecule has 1 aliphatic rings. The highest BCUT2D eigenvalue weighted by atomic mass is 16.7. The van der Waals surface area contributed by atoms with Gasteiger partial charge in [0.1, 0.15) is 11.7 Å². The number of rotatable bonds is 4. The quantitative estimate of drug-likeness (QED) is 0.806. The van der Waals surface area contributed by atoms with Gasteiger partial charge in [0.15, 0.2) is 17.3 Å². The van der Waals surface area contributed by atoms with Gasteiger partial charge in [-0.05, 0) is 23.8 Å². The fourth-order valence-corrected chi connectivity index (χ4v) is 2.37. The number of Topliss-reactive ketones (excluding diaryl/α,β-unsaturated/α-hetero) is 1. The third-order valence-electron chi connectivity index (χ3n) is 3.45. The summed E-state index contributed by atoms with van der Waals surface area (Å²) >= 11 is 0. The van der Waals surface area contributed by atoms with E-state index in [1.54, 1.807) is 24.3 Å². The van der Waals surface area contributed by atoms with Crippen molar-refractivity contribution in [1.29, 1.82) is 5.26 Å². The highest BCUT2D eigenvalue weighted by Gasteiger charge is 2.27. The molecule has 0 aliphatic carbocycles. The average molecular weight is 283 g/mol. The number of furan rings is 1. The van der Waals surface area contributed by atoms with E-state index in [4.69, 9.17) is 13.9 Å². The second-order valence-corrected chi connectivity index (χ2v) is 4.65. The van der Waals surface area contributed by atoms with Gasteiger partial charge in [0.25, 0.3) is 0 Å². The molecule has 0 saturated carbocycles. The van der Waals surface area contributed by atoms with Gasteiger partial charge in [-0.2, -0.15) is 5.26 Å². The fraction of sp³-hybridized carbons (Fsp3) is 0.250. The lowest BCUT2D eigenvalue weighted by Crippen LogP contribution is -2.12. The summed E-state index contributed by atoms with van der Waals surface area (Å²) in [7, 11) is 0. The number of aryl methyl sites for hydroxylation is 1. The molecule has 1 atom stereocenters. The van der Waals surface area contributed by atoms with Crippen LogP contribution in [0.2, 0.25) is 0 Å². The van der Waals surface area contributed by atoms with Gasteiger partial charge in [-0.3, -0.25) is 4.79 Å². The SMILES string of the molecule is CCc1occc1C(=O)C(C#N)c1ccc2c(c1)OCO2. The number of ketones is 1. The third kappa shape index (κ3) is 2.25. The molecule has 3 rings (SSSR count). The minimum Gasteiger partial charge on any atom is -0.469 e. The Balaban J connectivity index is 1.95. The molecule has 21 heavy (non-hydrogen) atoms. The van der Waals surface area contributed by atoms with Crippen molar-refractivity contribution in [3.05, 3.63) is 47.4 Å². The molecule has 5 nitrogen and oxygen atoms in total. The largest absolute Gasteiger partial charge is 0.469 e. The van der Waals surface area contributed by atoms with Crippen LogP contribution in [-0.2, 0) is 6.42 Å². The van der Waals surface area contributed by atoms with E-state index in [1.165, 1.54) is 6.26 Å². The molecule has 5 heteroatoms. The van der Waals surface area contributed by atoms with Crippen LogP contribution in [0, 0.1) is 11.3 Å². The van der Waals surface area contributed by atoms with Crippen LogP contribution in [0.3, 0.4) is 0 Å². The molecule has 106 valence electrons. The minimum absolute atomic E-state index is 0.158. The van der Waals surface area contributed by atoms with Crippen LogP contribution in [0.4, 0.5) is 0 Å². The number of fused-ring (bicyclic) bond motifs is 1. The van der Waals surface area contributed by atoms with Crippen LogP contribution in [-0.4, -0.2) is 12.6 Å². The maximum atomic E-state index is 12.6. The number of nitrogens with zero attached hydrogens (tertiary/aromatic N) is 1. The van der Waals surface area contributed by atoms with E-state index in [0.717, 1.165) is 0 Å².